The molecule has 0 bridgehead atoms. The maximum Gasteiger partial charge on any atom is 0.262 e. The van der Waals surface area contributed by atoms with Crippen LogP contribution in [0.4, 0.5) is 11.4 Å². The Hall–Kier alpha value is -2.44. The lowest BCUT2D eigenvalue weighted by Crippen LogP contribution is -2.14. The predicted octanol–water partition coefficient (Wildman–Crippen LogP) is 4.20. The van der Waals surface area contributed by atoms with Gasteiger partial charge in [-0.15, -0.1) is 0 Å². The van der Waals surface area contributed by atoms with Gasteiger partial charge in [0.05, 0.1) is 9.92 Å². The monoisotopic (exact) mass is 376 g/mol. The normalized spacial score (nSPS) is 11.6. The van der Waals surface area contributed by atoms with Gasteiger partial charge in [0.1, 0.15) is 5.75 Å². The third-order valence-corrected chi connectivity index (χ3v) is 5.84. The van der Waals surface area contributed by atoms with E-state index in [0.29, 0.717) is 5.69 Å². The fourth-order valence-electron chi connectivity index (χ4n) is 2.67. The lowest BCUT2D eigenvalue weighted by Gasteiger charge is -2.14. The molecule has 0 spiro atoms. The van der Waals surface area contributed by atoms with Crippen molar-refractivity contribution in [1.82, 2.24) is 0 Å². The Kier molecular flexibility index (Phi) is 4.26. The summed E-state index contributed by atoms with van der Waals surface area (Å²) in [5, 5.41) is 10.7. The maximum absolute atomic E-state index is 12.9. The largest absolute Gasteiger partial charge is 0.506 e. The Morgan fingerprint density at radius 1 is 1.08 bits per heavy atom. The van der Waals surface area contributed by atoms with Crippen molar-refractivity contribution in [2.45, 2.75) is 18.7 Å². The van der Waals surface area contributed by atoms with Crippen LogP contribution in [0.5, 0.6) is 5.75 Å². The van der Waals surface area contributed by atoms with Crippen LogP contribution in [-0.2, 0) is 10.0 Å². The van der Waals surface area contributed by atoms with Crippen molar-refractivity contribution in [1.29, 1.82) is 0 Å². The van der Waals surface area contributed by atoms with E-state index in [-0.39, 0.29) is 32.1 Å². The van der Waals surface area contributed by atoms with Crippen LogP contribution in [0.2, 0.25) is 5.02 Å². The van der Waals surface area contributed by atoms with E-state index in [0.717, 1.165) is 11.1 Å². The van der Waals surface area contributed by atoms with Gasteiger partial charge in [0.25, 0.3) is 10.0 Å². The van der Waals surface area contributed by atoms with Crippen LogP contribution in [0, 0.1) is 13.8 Å². The number of anilines is 2. The molecule has 7 heteroatoms. The summed E-state index contributed by atoms with van der Waals surface area (Å²) in [5.74, 6) is -0.200. The first-order chi connectivity index (χ1) is 11.7. The summed E-state index contributed by atoms with van der Waals surface area (Å²) >= 11 is 5.93. The molecule has 0 atom stereocenters. The molecule has 0 aromatic heterocycles. The van der Waals surface area contributed by atoms with Crippen LogP contribution in [0.25, 0.3) is 10.8 Å². The molecular weight excluding hydrogens is 360 g/mol. The number of halogens is 1. The highest BCUT2D eigenvalue weighted by atomic mass is 35.5. The molecule has 3 aromatic rings. The van der Waals surface area contributed by atoms with Crippen LogP contribution >= 0.6 is 11.6 Å². The Morgan fingerprint density at radius 2 is 1.80 bits per heavy atom. The summed E-state index contributed by atoms with van der Waals surface area (Å²) in [7, 11) is -3.91. The fraction of sp³-hybridized carbons (Fsp3) is 0.111. The number of aromatic hydroxyl groups is 1. The van der Waals surface area contributed by atoms with Gasteiger partial charge in [-0.2, -0.15) is 0 Å². The number of rotatable bonds is 3. The molecular formula is C18H17ClN2O3S. The predicted molar refractivity (Wildman–Crippen MR) is 102 cm³/mol. The quantitative estimate of drug-likeness (QED) is 0.471. The molecule has 0 amide bonds. The van der Waals surface area contributed by atoms with E-state index in [4.69, 9.17) is 17.3 Å². The number of phenolic OH excluding ortho intramolecular Hbond substituents is 1. The third kappa shape index (κ3) is 3.10. The van der Waals surface area contributed by atoms with E-state index >= 15 is 0 Å². The lowest BCUT2D eigenvalue weighted by molar-refractivity contribution is 0.482. The summed E-state index contributed by atoms with van der Waals surface area (Å²) in [4.78, 5) is -0.0207. The molecule has 0 saturated carbocycles. The molecule has 3 rings (SSSR count). The number of aryl methyl sites for hydroxylation is 2. The van der Waals surface area contributed by atoms with Crippen molar-refractivity contribution in [3.05, 3.63) is 58.6 Å². The lowest BCUT2D eigenvalue weighted by atomic mass is 10.1. The molecule has 4 N–H and O–H groups in total. The average molecular weight is 377 g/mol. The molecule has 0 aliphatic heterocycles. The Bertz CT molecular complexity index is 1100. The van der Waals surface area contributed by atoms with E-state index in [9.17, 15) is 13.5 Å². The molecule has 0 unspecified atom stereocenters. The minimum Gasteiger partial charge on any atom is -0.506 e. The second kappa shape index (κ2) is 6.13. The van der Waals surface area contributed by atoms with Crippen LogP contribution in [-0.4, -0.2) is 13.5 Å². The minimum absolute atomic E-state index is 0.0207. The number of hydrogen-bond acceptors (Lipinski definition) is 4. The highest BCUT2D eigenvalue weighted by molar-refractivity contribution is 7.93. The number of nitrogen functional groups attached to an aromatic ring is 1. The smallest absolute Gasteiger partial charge is 0.262 e. The van der Waals surface area contributed by atoms with Gasteiger partial charge in [-0.05, 0) is 49.2 Å². The number of benzene rings is 3. The third-order valence-electron chi connectivity index (χ3n) is 4.13. The second-order valence-corrected chi connectivity index (χ2v) is 7.94. The van der Waals surface area contributed by atoms with Crippen molar-refractivity contribution in [3.63, 3.8) is 0 Å². The zero-order valence-electron chi connectivity index (χ0n) is 13.7. The maximum atomic E-state index is 12.9. The summed E-state index contributed by atoms with van der Waals surface area (Å²) in [6.45, 7) is 3.86. The van der Waals surface area contributed by atoms with Crippen molar-refractivity contribution in [3.8, 4) is 5.75 Å². The molecule has 0 aliphatic carbocycles. The van der Waals surface area contributed by atoms with Crippen molar-refractivity contribution in [2.24, 2.45) is 0 Å². The van der Waals surface area contributed by atoms with Crippen molar-refractivity contribution < 1.29 is 13.5 Å². The van der Waals surface area contributed by atoms with Gasteiger partial charge in [0.2, 0.25) is 0 Å². The van der Waals surface area contributed by atoms with Crippen molar-refractivity contribution in [2.75, 3.05) is 10.5 Å². The van der Waals surface area contributed by atoms with E-state index in [1.54, 1.807) is 18.2 Å². The van der Waals surface area contributed by atoms with E-state index in [1.807, 2.05) is 19.9 Å². The molecule has 5 nitrogen and oxygen atoms in total. The summed E-state index contributed by atoms with van der Waals surface area (Å²) < 4.78 is 28.3. The van der Waals surface area contributed by atoms with Gasteiger partial charge in [-0.25, -0.2) is 8.42 Å². The zero-order valence-corrected chi connectivity index (χ0v) is 15.2. The van der Waals surface area contributed by atoms with Crippen LogP contribution < -0.4 is 10.5 Å². The summed E-state index contributed by atoms with van der Waals surface area (Å²) in [6.07, 6.45) is 0. The Labute approximate surface area is 151 Å². The molecule has 0 fully saturated rings. The standard InChI is InChI=1S/C18H17ClN2O3S/c1-10-6-7-12(8-11(10)2)21-25(23,24)16-5-3-4-13-17(16)15(20)9-14(19)18(13)22/h3-9,21-22H,20H2,1-2H3. The van der Waals surface area contributed by atoms with Crippen LogP contribution in [0.1, 0.15) is 11.1 Å². The van der Waals surface area contributed by atoms with Gasteiger partial charge in [0, 0.05) is 22.1 Å². The summed E-state index contributed by atoms with van der Waals surface area (Å²) in [6, 6.07) is 11.2. The number of sulfonamides is 1. The number of fused-ring (bicyclic) bond motifs is 1. The minimum atomic E-state index is -3.91. The highest BCUT2D eigenvalue weighted by Crippen LogP contribution is 2.39. The molecule has 130 valence electrons. The van der Waals surface area contributed by atoms with E-state index < -0.39 is 10.0 Å². The molecule has 0 heterocycles. The summed E-state index contributed by atoms with van der Waals surface area (Å²) in [5.41, 5.74) is 8.65. The Morgan fingerprint density at radius 3 is 2.48 bits per heavy atom. The SMILES string of the molecule is Cc1ccc(NS(=O)(=O)c2cccc3c(O)c(Cl)cc(N)c23)cc1C. The highest BCUT2D eigenvalue weighted by Gasteiger charge is 2.21. The van der Waals surface area contributed by atoms with Gasteiger partial charge in [0.15, 0.2) is 0 Å². The second-order valence-electron chi connectivity index (χ2n) is 5.88. The molecule has 3 aromatic carbocycles. The van der Waals surface area contributed by atoms with Gasteiger partial charge < -0.3 is 10.8 Å². The first-order valence-electron chi connectivity index (χ1n) is 7.50. The van der Waals surface area contributed by atoms with Gasteiger partial charge in [-0.1, -0.05) is 29.8 Å². The zero-order chi connectivity index (χ0) is 18.4. The van der Waals surface area contributed by atoms with Crippen LogP contribution in [0.15, 0.2) is 47.4 Å². The average Bonchev–Trinajstić information content (AvgIpc) is 2.55. The Balaban J connectivity index is 2.17. The first kappa shape index (κ1) is 17.4. The fourth-order valence-corrected chi connectivity index (χ4v) is 4.19. The number of nitrogens with one attached hydrogen (secondary N) is 1. The molecule has 0 radical (unpaired) electrons. The molecule has 25 heavy (non-hydrogen) atoms. The van der Waals surface area contributed by atoms with E-state index in [2.05, 4.69) is 4.72 Å². The number of phenols is 1. The van der Waals surface area contributed by atoms with Crippen LogP contribution in [0.3, 0.4) is 0 Å². The number of nitrogens with two attached hydrogens (primary N) is 1. The molecule has 0 aliphatic rings. The number of hydrogen-bond donors (Lipinski definition) is 3. The topological polar surface area (TPSA) is 92.4 Å². The first-order valence-corrected chi connectivity index (χ1v) is 9.36. The van der Waals surface area contributed by atoms with E-state index in [1.165, 1.54) is 18.2 Å². The molecule has 0 saturated heterocycles. The van der Waals surface area contributed by atoms with Crippen molar-refractivity contribution >= 4 is 43.8 Å². The van der Waals surface area contributed by atoms with Gasteiger partial charge in [-0.3, -0.25) is 4.72 Å². The van der Waals surface area contributed by atoms with Gasteiger partial charge >= 0.3 is 0 Å².